The Morgan fingerprint density at radius 3 is 2.62 bits per heavy atom. The van der Waals surface area contributed by atoms with Crippen molar-refractivity contribution in [2.45, 2.75) is 25.3 Å². The van der Waals surface area contributed by atoms with E-state index in [1.807, 2.05) is 4.90 Å². The van der Waals surface area contributed by atoms with E-state index < -0.39 is 17.6 Å². The molecule has 3 fully saturated rings. The minimum Gasteiger partial charge on any atom is -0.342 e. The third-order valence-electron chi connectivity index (χ3n) is 5.90. The maximum absolute atomic E-state index is 14.0. The van der Waals surface area contributed by atoms with Crippen LogP contribution in [0.3, 0.4) is 0 Å². The number of amides is 2. The zero-order valence-corrected chi connectivity index (χ0v) is 15.1. The minimum absolute atomic E-state index is 0. The zero-order chi connectivity index (χ0) is 17.7. The standard InChI is InChI=1S/C18H21F2N3O2.ClH/c19-12-2-4-16(14(20)6-12)23-8-11(5-17(23)24)18(25)22-7-10-1-3-15(21)13(10)9-22;/h2,4,6,10-11,13,15H,1,3,5,7-9,21H2;1H. The number of hydrogen-bond donors (Lipinski definition) is 1. The predicted octanol–water partition coefficient (Wildman–Crippen LogP) is 1.94. The van der Waals surface area contributed by atoms with Crippen molar-refractivity contribution in [1.29, 1.82) is 0 Å². The Morgan fingerprint density at radius 2 is 1.92 bits per heavy atom. The van der Waals surface area contributed by atoms with E-state index in [0.717, 1.165) is 25.0 Å². The number of nitrogens with zero attached hydrogens (tertiary/aromatic N) is 2. The van der Waals surface area contributed by atoms with Crippen molar-refractivity contribution in [2.75, 3.05) is 24.5 Å². The lowest BCUT2D eigenvalue weighted by Gasteiger charge is -2.22. The molecule has 2 aliphatic heterocycles. The lowest BCUT2D eigenvalue weighted by atomic mass is 9.98. The second kappa shape index (κ2) is 7.12. The molecule has 2 heterocycles. The molecule has 4 atom stereocenters. The molecule has 142 valence electrons. The number of carbonyl (C=O) groups excluding carboxylic acids is 2. The smallest absolute Gasteiger partial charge is 0.228 e. The molecule has 1 saturated carbocycles. The van der Waals surface area contributed by atoms with E-state index in [-0.39, 0.29) is 48.9 Å². The number of halogens is 3. The summed E-state index contributed by atoms with van der Waals surface area (Å²) in [5.41, 5.74) is 6.14. The van der Waals surface area contributed by atoms with Crippen LogP contribution in [0.4, 0.5) is 14.5 Å². The minimum atomic E-state index is -0.789. The number of carbonyl (C=O) groups is 2. The second-order valence-corrected chi connectivity index (χ2v) is 7.41. The molecule has 2 saturated heterocycles. The fourth-order valence-corrected chi connectivity index (χ4v) is 4.55. The van der Waals surface area contributed by atoms with Crippen molar-refractivity contribution >= 4 is 29.9 Å². The van der Waals surface area contributed by atoms with E-state index in [0.29, 0.717) is 24.9 Å². The molecule has 0 aromatic heterocycles. The van der Waals surface area contributed by atoms with E-state index in [2.05, 4.69) is 0 Å². The predicted molar refractivity (Wildman–Crippen MR) is 94.8 cm³/mol. The van der Waals surface area contributed by atoms with E-state index in [1.165, 1.54) is 11.0 Å². The fraction of sp³-hybridized carbons (Fsp3) is 0.556. The number of fused-ring (bicyclic) bond motifs is 1. The number of likely N-dealkylation sites (tertiary alicyclic amines) is 1. The average molecular weight is 386 g/mol. The van der Waals surface area contributed by atoms with Gasteiger partial charge in [-0.3, -0.25) is 9.59 Å². The summed E-state index contributed by atoms with van der Waals surface area (Å²) in [7, 11) is 0. The molecule has 4 unspecified atom stereocenters. The molecule has 8 heteroatoms. The van der Waals surface area contributed by atoms with E-state index in [9.17, 15) is 18.4 Å². The first-order chi connectivity index (χ1) is 11.9. The highest BCUT2D eigenvalue weighted by Crippen LogP contribution is 2.38. The highest BCUT2D eigenvalue weighted by atomic mass is 35.5. The number of anilines is 1. The van der Waals surface area contributed by atoms with E-state index >= 15 is 0 Å². The van der Waals surface area contributed by atoms with E-state index in [4.69, 9.17) is 5.73 Å². The van der Waals surface area contributed by atoms with Crippen LogP contribution >= 0.6 is 12.4 Å². The molecule has 3 aliphatic rings. The normalized spacial score (nSPS) is 30.5. The van der Waals surface area contributed by atoms with Crippen LogP contribution in [0, 0.1) is 29.4 Å². The summed E-state index contributed by atoms with van der Waals surface area (Å²) in [6.45, 7) is 1.49. The molecule has 4 rings (SSSR count). The lowest BCUT2D eigenvalue weighted by Crippen LogP contribution is -2.38. The number of rotatable bonds is 2. The first-order valence-corrected chi connectivity index (χ1v) is 8.74. The Kier molecular flexibility index (Phi) is 5.21. The highest BCUT2D eigenvalue weighted by Gasteiger charge is 2.45. The van der Waals surface area contributed by atoms with Crippen molar-refractivity contribution in [3.05, 3.63) is 29.8 Å². The molecule has 0 radical (unpaired) electrons. The summed E-state index contributed by atoms with van der Waals surface area (Å²) in [5.74, 6) is -1.51. The molecular formula is C18H22ClF2N3O2. The molecule has 1 aromatic rings. The summed E-state index contributed by atoms with van der Waals surface area (Å²) in [6, 6.07) is 3.26. The van der Waals surface area contributed by atoms with Gasteiger partial charge in [0, 0.05) is 38.2 Å². The summed E-state index contributed by atoms with van der Waals surface area (Å²) in [5, 5.41) is 0. The van der Waals surface area contributed by atoms with Gasteiger partial charge in [0.2, 0.25) is 11.8 Å². The summed E-state index contributed by atoms with van der Waals surface area (Å²) >= 11 is 0. The second-order valence-electron chi connectivity index (χ2n) is 7.41. The summed E-state index contributed by atoms with van der Waals surface area (Å²) < 4.78 is 27.0. The van der Waals surface area contributed by atoms with Crippen LogP contribution in [0.15, 0.2) is 18.2 Å². The molecule has 2 N–H and O–H groups in total. The lowest BCUT2D eigenvalue weighted by molar-refractivity contribution is -0.135. The van der Waals surface area contributed by atoms with Crippen LogP contribution in [0.5, 0.6) is 0 Å². The third kappa shape index (κ3) is 3.18. The van der Waals surface area contributed by atoms with Crippen LogP contribution in [-0.4, -0.2) is 42.4 Å². The Hall–Kier alpha value is -1.73. The van der Waals surface area contributed by atoms with Crippen molar-refractivity contribution in [2.24, 2.45) is 23.5 Å². The highest BCUT2D eigenvalue weighted by molar-refractivity contribution is 6.00. The van der Waals surface area contributed by atoms with Gasteiger partial charge in [0.1, 0.15) is 11.6 Å². The molecule has 5 nitrogen and oxygen atoms in total. The fourth-order valence-electron chi connectivity index (χ4n) is 4.55. The van der Waals surface area contributed by atoms with Gasteiger partial charge in [0.05, 0.1) is 11.6 Å². The van der Waals surface area contributed by atoms with Gasteiger partial charge in [-0.25, -0.2) is 8.78 Å². The van der Waals surface area contributed by atoms with Crippen molar-refractivity contribution < 1.29 is 18.4 Å². The van der Waals surface area contributed by atoms with Gasteiger partial charge in [0.15, 0.2) is 0 Å². The topological polar surface area (TPSA) is 66.6 Å². The largest absolute Gasteiger partial charge is 0.342 e. The first kappa shape index (κ1) is 19.0. The van der Waals surface area contributed by atoms with Gasteiger partial charge in [0.25, 0.3) is 0 Å². The Morgan fingerprint density at radius 1 is 1.15 bits per heavy atom. The quantitative estimate of drug-likeness (QED) is 0.846. The molecule has 1 aromatic carbocycles. The zero-order valence-electron chi connectivity index (χ0n) is 14.2. The molecule has 26 heavy (non-hydrogen) atoms. The van der Waals surface area contributed by atoms with Crippen LogP contribution in [0.25, 0.3) is 0 Å². The first-order valence-electron chi connectivity index (χ1n) is 8.74. The van der Waals surface area contributed by atoms with Crippen LogP contribution in [0.1, 0.15) is 19.3 Å². The van der Waals surface area contributed by atoms with Crippen LogP contribution in [-0.2, 0) is 9.59 Å². The number of benzene rings is 1. The van der Waals surface area contributed by atoms with Gasteiger partial charge in [-0.05, 0) is 36.8 Å². The monoisotopic (exact) mass is 385 g/mol. The molecular weight excluding hydrogens is 364 g/mol. The number of nitrogens with two attached hydrogens (primary N) is 1. The van der Waals surface area contributed by atoms with Gasteiger partial charge >= 0.3 is 0 Å². The maximum atomic E-state index is 14.0. The molecule has 2 amide bonds. The molecule has 1 aliphatic carbocycles. The SMILES string of the molecule is Cl.NC1CCC2CN(C(=O)C3CC(=O)N(c4ccc(F)cc4F)C3)CC12. The summed E-state index contributed by atoms with van der Waals surface area (Å²) in [6.07, 6.45) is 2.12. The van der Waals surface area contributed by atoms with Gasteiger partial charge in [-0.15, -0.1) is 12.4 Å². The Balaban J connectivity index is 0.00000196. The molecule has 0 spiro atoms. The van der Waals surface area contributed by atoms with Crippen molar-refractivity contribution in [3.8, 4) is 0 Å². The Bertz CT molecular complexity index is 732. The van der Waals surface area contributed by atoms with Crippen LogP contribution in [0.2, 0.25) is 0 Å². The maximum Gasteiger partial charge on any atom is 0.228 e. The van der Waals surface area contributed by atoms with Gasteiger partial charge < -0.3 is 15.5 Å². The van der Waals surface area contributed by atoms with Crippen LogP contribution < -0.4 is 10.6 Å². The Labute approximate surface area is 156 Å². The van der Waals surface area contributed by atoms with Crippen molar-refractivity contribution in [3.63, 3.8) is 0 Å². The van der Waals surface area contributed by atoms with Gasteiger partial charge in [-0.1, -0.05) is 0 Å². The third-order valence-corrected chi connectivity index (χ3v) is 5.90. The molecule has 0 bridgehead atoms. The number of hydrogen-bond acceptors (Lipinski definition) is 3. The average Bonchev–Trinajstić information content (AvgIpc) is 3.24. The van der Waals surface area contributed by atoms with E-state index in [1.54, 1.807) is 0 Å². The van der Waals surface area contributed by atoms with Crippen molar-refractivity contribution in [1.82, 2.24) is 4.90 Å². The van der Waals surface area contributed by atoms with Gasteiger partial charge in [-0.2, -0.15) is 0 Å². The summed E-state index contributed by atoms with van der Waals surface area (Å²) in [4.78, 5) is 28.1.